The Bertz CT molecular complexity index is 517. The van der Waals surface area contributed by atoms with Gasteiger partial charge in [0.15, 0.2) is 0 Å². The van der Waals surface area contributed by atoms with E-state index in [1.807, 2.05) is 0 Å². The van der Waals surface area contributed by atoms with Gasteiger partial charge in [-0.25, -0.2) is 0 Å². The first-order valence-corrected chi connectivity index (χ1v) is 6.16. The quantitative estimate of drug-likeness (QED) is 0.769. The lowest BCUT2D eigenvalue weighted by atomic mass is 10.2. The van der Waals surface area contributed by atoms with Crippen LogP contribution in [0.2, 0.25) is 15.1 Å². The van der Waals surface area contributed by atoms with E-state index < -0.39 is 0 Å². The van der Waals surface area contributed by atoms with Gasteiger partial charge in [0.05, 0.1) is 5.69 Å². The molecule has 2 nitrogen and oxygen atoms in total. The van der Waals surface area contributed by atoms with Crippen LogP contribution in [-0.4, -0.2) is 11.3 Å². The van der Waals surface area contributed by atoms with Crippen molar-refractivity contribution in [1.29, 1.82) is 0 Å². The highest BCUT2D eigenvalue weighted by Gasteiger charge is 1.98. The van der Waals surface area contributed by atoms with Crippen LogP contribution >= 0.6 is 34.8 Å². The molecule has 2 rings (SSSR count). The molecule has 0 aliphatic heterocycles. The second kappa shape index (κ2) is 5.61. The summed E-state index contributed by atoms with van der Waals surface area (Å²) < 4.78 is 0. The van der Waals surface area contributed by atoms with Crippen LogP contribution in [0.15, 0.2) is 41.4 Å². The van der Waals surface area contributed by atoms with Gasteiger partial charge in [-0.1, -0.05) is 34.8 Å². The predicted octanol–water partition coefficient (Wildman–Crippen LogP) is 5.10. The number of halogens is 3. The Morgan fingerprint density at radius 1 is 0.833 bits per heavy atom. The van der Waals surface area contributed by atoms with E-state index in [2.05, 4.69) is 4.99 Å². The highest BCUT2D eigenvalue weighted by Crippen LogP contribution is 2.25. The average molecular weight is 301 g/mol. The summed E-state index contributed by atoms with van der Waals surface area (Å²) >= 11 is 17.5. The Balaban J connectivity index is 2.29. The summed E-state index contributed by atoms with van der Waals surface area (Å²) in [6.45, 7) is 0. The summed E-state index contributed by atoms with van der Waals surface area (Å²) in [6.07, 6.45) is 1.58. The van der Waals surface area contributed by atoms with Crippen LogP contribution < -0.4 is 0 Å². The zero-order valence-electron chi connectivity index (χ0n) is 9.07. The third-order valence-corrected chi connectivity index (χ3v) is 2.77. The maximum absolute atomic E-state index is 9.39. The minimum atomic E-state index is 0.0908. The maximum Gasteiger partial charge on any atom is 0.117 e. The number of rotatable bonds is 2. The standard InChI is InChI=1S/C13H8Cl3NO/c14-9-1-8(2-13(18)6-9)7-17-12-4-10(15)3-11(16)5-12/h1-7,18H. The predicted molar refractivity (Wildman–Crippen MR) is 76.8 cm³/mol. The average Bonchev–Trinajstić information content (AvgIpc) is 2.23. The molecule has 5 heteroatoms. The van der Waals surface area contributed by atoms with Crippen LogP contribution in [0.1, 0.15) is 5.56 Å². The Hall–Kier alpha value is -1.22. The van der Waals surface area contributed by atoms with Crippen LogP contribution in [0.5, 0.6) is 5.75 Å². The number of benzene rings is 2. The summed E-state index contributed by atoms with van der Waals surface area (Å²) in [6, 6.07) is 9.71. The van der Waals surface area contributed by atoms with Gasteiger partial charge in [0, 0.05) is 21.3 Å². The highest BCUT2D eigenvalue weighted by atomic mass is 35.5. The van der Waals surface area contributed by atoms with E-state index in [0.717, 1.165) is 0 Å². The van der Waals surface area contributed by atoms with Crippen molar-refractivity contribution in [1.82, 2.24) is 0 Å². The van der Waals surface area contributed by atoms with E-state index in [4.69, 9.17) is 34.8 Å². The molecule has 1 N–H and O–H groups in total. The molecule has 18 heavy (non-hydrogen) atoms. The van der Waals surface area contributed by atoms with E-state index in [0.29, 0.717) is 26.3 Å². The maximum atomic E-state index is 9.39. The Morgan fingerprint density at radius 2 is 1.44 bits per heavy atom. The summed E-state index contributed by atoms with van der Waals surface area (Å²) in [7, 11) is 0. The molecular formula is C13H8Cl3NO. The van der Waals surface area contributed by atoms with Gasteiger partial charge in [-0.2, -0.15) is 0 Å². The van der Waals surface area contributed by atoms with E-state index >= 15 is 0 Å². The smallest absolute Gasteiger partial charge is 0.117 e. The van der Waals surface area contributed by atoms with E-state index in [9.17, 15) is 5.11 Å². The van der Waals surface area contributed by atoms with Crippen molar-refractivity contribution in [3.05, 3.63) is 57.0 Å². The molecule has 0 saturated carbocycles. The molecule has 0 aromatic heterocycles. The van der Waals surface area contributed by atoms with Gasteiger partial charge in [0.2, 0.25) is 0 Å². The third kappa shape index (κ3) is 3.64. The van der Waals surface area contributed by atoms with Gasteiger partial charge < -0.3 is 5.11 Å². The van der Waals surface area contributed by atoms with Crippen molar-refractivity contribution in [2.24, 2.45) is 4.99 Å². The number of hydrogen-bond donors (Lipinski definition) is 1. The molecule has 0 fully saturated rings. The fourth-order valence-electron chi connectivity index (χ4n) is 1.43. The number of phenolic OH excluding ortho intramolecular Hbond substituents is 1. The van der Waals surface area contributed by atoms with Gasteiger partial charge in [0.25, 0.3) is 0 Å². The minimum absolute atomic E-state index is 0.0908. The summed E-state index contributed by atoms with van der Waals surface area (Å²) in [5.41, 5.74) is 1.32. The normalized spacial score (nSPS) is 11.1. The third-order valence-electron chi connectivity index (χ3n) is 2.11. The van der Waals surface area contributed by atoms with Crippen molar-refractivity contribution in [3.8, 4) is 5.75 Å². The van der Waals surface area contributed by atoms with Crippen LogP contribution in [-0.2, 0) is 0 Å². The number of hydrogen-bond acceptors (Lipinski definition) is 2. The van der Waals surface area contributed by atoms with Gasteiger partial charge in [-0.15, -0.1) is 0 Å². The van der Waals surface area contributed by atoms with Crippen LogP contribution in [0, 0.1) is 0 Å². The molecule has 92 valence electrons. The first-order valence-electron chi connectivity index (χ1n) is 5.03. The van der Waals surface area contributed by atoms with Crippen molar-refractivity contribution in [2.75, 3.05) is 0 Å². The minimum Gasteiger partial charge on any atom is -0.508 e. The van der Waals surface area contributed by atoms with Crippen molar-refractivity contribution < 1.29 is 5.11 Å². The number of phenols is 1. The Morgan fingerprint density at radius 3 is 2.06 bits per heavy atom. The molecule has 2 aromatic carbocycles. The van der Waals surface area contributed by atoms with Gasteiger partial charge in [-0.3, -0.25) is 4.99 Å². The van der Waals surface area contributed by atoms with E-state index in [-0.39, 0.29) is 5.75 Å². The molecule has 0 spiro atoms. The van der Waals surface area contributed by atoms with Crippen molar-refractivity contribution >= 4 is 46.7 Å². The summed E-state index contributed by atoms with van der Waals surface area (Å²) in [5.74, 6) is 0.0908. The van der Waals surface area contributed by atoms with Gasteiger partial charge >= 0.3 is 0 Å². The molecule has 0 aliphatic rings. The Kier molecular flexibility index (Phi) is 4.12. The molecule has 0 aliphatic carbocycles. The number of aromatic hydroxyl groups is 1. The molecule has 0 radical (unpaired) electrons. The van der Waals surface area contributed by atoms with Crippen LogP contribution in [0.3, 0.4) is 0 Å². The molecule has 0 heterocycles. The van der Waals surface area contributed by atoms with E-state index in [1.54, 1.807) is 36.5 Å². The van der Waals surface area contributed by atoms with E-state index in [1.165, 1.54) is 6.07 Å². The Labute approximate surface area is 119 Å². The van der Waals surface area contributed by atoms with Gasteiger partial charge in [-0.05, 0) is 42.0 Å². The molecule has 0 unspecified atom stereocenters. The number of nitrogens with zero attached hydrogens (tertiary/aromatic N) is 1. The largest absolute Gasteiger partial charge is 0.508 e. The zero-order valence-corrected chi connectivity index (χ0v) is 11.3. The lowest BCUT2D eigenvalue weighted by Crippen LogP contribution is -1.80. The fourth-order valence-corrected chi connectivity index (χ4v) is 2.19. The van der Waals surface area contributed by atoms with Crippen molar-refractivity contribution in [3.63, 3.8) is 0 Å². The highest BCUT2D eigenvalue weighted by molar-refractivity contribution is 6.35. The second-order valence-electron chi connectivity index (χ2n) is 3.63. The number of aliphatic imine (C=N–C) groups is 1. The molecule has 0 atom stereocenters. The lowest BCUT2D eigenvalue weighted by molar-refractivity contribution is 0.475. The molecule has 0 amide bonds. The molecule has 0 bridgehead atoms. The van der Waals surface area contributed by atoms with Crippen LogP contribution in [0.4, 0.5) is 5.69 Å². The topological polar surface area (TPSA) is 32.6 Å². The van der Waals surface area contributed by atoms with Crippen molar-refractivity contribution in [2.45, 2.75) is 0 Å². The second-order valence-corrected chi connectivity index (χ2v) is 4.94. The summed E-state index contributed by atoms with van der Waals surface area (Å²) in [4.78, 5) is 4.22. The first-order chi connectivity index (χ1) is 8.52. The fraction of sp³-hybridized carbons (Fsp3) is 0. The summed E-state index contributed by atoms with van der Waals surface area (Å²) in [5, 5.41) is 10.9. The lowest BCUT2D eigenvalue weighted by Gasteiger charge is -1.99. The SMILES string of the molecule is Oc1cc(Cl)cc(C=Nc2cc(Cl)cc(Cl)c2)c1. The first kappa shape index (κ1) is 13.2. The zero-order chi connectivity index (χ0) is 13.1. The monoisotopic (exact) mass is 299 g/mol. The molecular weight excluding hydrogens is 293 g/mol. The van der Waals surface area contributed by atoms with Gasteiger partial charge in [0.1, 0.15) is 5.75 Å². The molecule has 2 aromatic rings. The van der Waals surface area contributed by atoms with Crippen LogP contribution in [0.25, 0.3) is 0 Å². The molecule has 0 saturated heterocycles.